The molecule has 0 spiro atoms. The molecule has 1 aliphatic heterocycles. The molecule has 2 fully saturated rings. The van der Waals surface area contributed by atoms with E-state index >= 15 is 0 Å². The minimum atomic E-state index is 0.789. The number of hydrogen-bond donors (Lipinski definition) is 1. The fourth-order valence-electron chi connectivity index (χ4n) is 3.74. The molecule has 1 heterocycles. The summed E-state index contributed by atoms with van der Waals surface area (Å²) in [4.78, 5) is 5.12. The normalized spacial score (nSPS) is 34.3. The second-order valence-corrected chi connectivity index (χ2v) is 6.42. The van der Waals surface area contributed by atoms with E-state index in [-0.39, 0.29) is 0 Å². The van der Waals surface area contributed by atoms with Crippen molar-refractivity contribution in [2.24, 2.45) is 5.92 Å². The first-order chi connectivity index (χ1) is 8.69. The summed E-state index contributed by atoms with van der Waals surface area (Å²) in [5.74, 6) is 0.909. The predicted molar refractivity (Wildman–Crippen MR) is 78.0 cm³/mol. The molecule has 0 radical (unpaired) electrons. The standard InChI is InChI=1S/C15H31N3/c1-4-16-14-5-7-15(8-6-14)18(3)12-13-9-10-17(2)11-13/h13-16H,4-12H2,1-3H3. The number of hydrogen-bond acceptors (Lipinski definition) is 3. The first-order valence-electron chi connectivity index (χ1n) is 7.81. The van der Waals surface area contributed by atoms with E-state index in [9.17, 15) is 0 Å². The zero-order valence-electron chi connectivity index (χ0n) is 12.5. The summed E-state index contributed by atoms with van der Waals surface area (Å²) in [6, 6.07) is 1.63. The Kier molecular flexibility index (Phi) is 5.46. The second-order valence-electron chi connectivity index (χ2n) is 6.42. The lowest BCUT2D eigenvalue weighted by atomic mass is 9.90. The molecular weight excluding hydrogens is 222 g/mol. The zero-order chi connectivity index (χ0) is 13.0. The summed E-state index contributed by atoms with van der Waals surface area (Å²) in [5.41, 5.74) is 0. The summed E-state index contributed by atoms with van der Waals surface area (Å²) < 4.78 is 0. The Hall–Kier alpha value is -0.120. The average Bonchev–Trinajstić information content (AvgIpc) is 2.76. The highest BCUT2D eigenvalue weighted by Crippen LogP contribution is 2.24. The van der Waals surface area contributed by atoms with E-state index in [1.54, 1.807) is 0 Å². The van der Waals surface area contributed by atoms with E-state index in [0.29, 0.717) is 0 Å². The van der Waals surface area contributed by atoms with E-state index in [4.69, 9.17) is 0 Å². The quantitative estimate of drug-likeness (QED) is 0.806. The molecule has 1 saturated heterocycles. The molecule has 2 aliphatic rings. The van der Waals surface area contributed by atoms with Gasteiger partial charge in [-0.1, -0.05) is 6.92 Å². The molecule has 0 aromatic carbocycles. The van der Waals surface area contributed by atoms with Gasteiger partial charge in [0.05, 0.1) is 0 Å². The summed E-state index contributed by atoms with van der Waals surface area (Å²) in [7, 11) is 4.60. The Morgan fingerprint density at radius 1 is 1.17 bits per heavy atom. The van der Waals surface area contributed by atoms with Crippen molar-refractivity contribution in [3.63, 3.8) is 0 Å². The molecule has 18 heavy (non-hydrogen) atoms. The van der Waals surface area contributed by atoms with Gasteiger partial charge in [-0.15, -0.1) is 0 Å². The van der Waals surface area contributed by atoms with Crippen LogP contribution in [0.5, 0.6) is 0 Å². The molecule has 2 rings (SSSR count). The van der Waals surface area contributed by atoms with Crippen LogP contribution in [0.2, 0.25) is 0 Å². The minimum Gasteiger partial charge on any atom is -0.314 e. The zero-order valence-corrected chi connectivity index (χ0v) is 12.5. The number of nitrogens with one attached hydrogen (secondary N) is 1. The number of rotatable bonds is 5. The van der Waals surface area contributed by atoms with Crippen LogP contribution in [0.15, 0.2) is 0 Å². The van der Waals surface area contributed by atoms with Gasteiger partial charge in [0.25, 0.3) is 0 Å². The van der Waals surface area contributed by atoms with E-state index in [1.165, 1.54) is 51.7 Å². The van der Waals surface area contributed by atoms with Crippen molar-refractivity contribution >= 4 is 0 Å². The van der Waals surface area contributed by atoms with Crippen LogP contribution in [0.4, 0.5) is 0 Å². The summed E-state index contributed by atoms with van der Waals surface area (Å²) in [6.07, 6.45) is 6.90. The minimum absolute atomic E-state index is 0.789. The molecule has 0 amide bonds. The van der Waals surface area contributed by atoms with Crippen molar-refractivity contribution in [1.82, 2.24) is 15.1 Å². The van der Waals surface area contributed by atoms with Gasteiger partial charge in [-0.05, 0) is 65.2 Å². The van der Waals surface area contributed by atoms with Crippen molar-refractivity contribution in [1.29, 1.82) is 0 Å². The van der Waals surface area contributed by atoms with Gasteiger partial charge in [-0.25, -0.2) is 0 Å². The van der Waals surface area contributed by atoms with Crippen molar-refractivity contribution in [3.8, 4) is 0 Å². The van der Waals surface area contributed by atoms with Gasteiger partial charge in [0.1, 0.15) is 0 Å². The highest BCUT2D eigenvalue weighted by Gasteiger charge is 2.27. The van der Waals surface area contributed by atoms with Gasteiger partial charge in [-0.2, -0.15) is 0 Å². The molecule has 0 aromatic rings. The summed E-state index contributed by atoms with van der Waals surface area (Å²) >= 11 is 0. The maximum atomic E-state index is 3.60. The molecule has 3 nitrogen and oxygen atoms in total. The van der Waals surface area contributed by atoms with Gasteiger partial charge >= 0.3 is 0 Å². The highest BCUT2D eigenvalue weighted by molar-refractivity contribution is 4.84. The van der Waals surface area contributed by atoms with Crippen LogP contribution in [0.3, 0.4) is 0 Å². The van der Waals surface area contributed by atoms with E-state index in [0.717, 1.165) is 24.5 Å². The Bertz CT molecular complexity index is 236. The van der Waals surface area contributed by atoms with Crippen LogP contribution in [0, 0.1) is 5.92 Å². The first kappa shape index (κ1) is 14.3. The Balaban J connectivity index is 1.69. The van der Waals surface area contributed by atoms with E-state index in [2.05, 4.69) is 36.1 Å². The maximum Gasteiger partial charge on any atom is 0.00934 e. The number of likely N-dealkylation sites (tertiary alicyclic amines) is 1. The van der Waals surface area contributed by atoms with Crippen molar-refractivity contribution in [3.05, 3.63) is 0 Å². The highest BCUT2D eigenvalue weighted by atomic mass is 15.2. The van der Waals surface area contributed by atoms with Crippen LogP contribution < -0.4 is 5.32 Å². The van der Waals surface area contributed by atoms with Gasteiger partial charge < -0.3 is 15.1 Å². The monoisotopic (exact) mass is 253 g/mol. The fraction of sp³-hybridized carbons (Fsp3) is 1.00. The lowest BCUT2D eigenvalue weighted by Gasteiger charge is -2.36. The van der Waals surface area contributed by atoms with Crippen LogP contribution >= 0.6 is 0 Å². The third-order valence-corrected chi connectivity index (χ3v) is 4.85. The molecule has 0 bridgehead atoms. The molecular formula is C15H31N3. The van der Waals surface area contributed by atoms with Crippen LogP contribution in [-0.2, 0) is 0 Å². The van der Waals surface area contributed by atoms with Gasteiger partial charge in [-0.3, -0.25) is 0 Å². The van der Waals surface area contributed by atoms with Crippen LogP contribution in [0.1, 0.15) is 39.0 Å². The predicted octanol–water partition coefficient (Wildman–Crippen LogP) is 1.79. The first-order valence-corrected chi connectivity index (χ1v) is 7.81. The largest absolute Gasteiger partial charge is 0.314 e. The molecule has 1 N–H and O–H groups in total. The Labute approximate surface area is 113 Å². The SMILES string of the molecule is CCNC1CCC(N(C)CC2CCN(C)C2)CC1. The Morgan fingerprint density at radius 3 is 2.44 bits per heavy atom. The van der Waals surface area contributed by atoms with Gasteiger partial charge in [0, 0.05) is 25.2 Å². The molecule has 1 aliphatic carbocycles. The van der Waals surface area contributed by atoms with Gasteiger partial charge in [0.2, 0.25) is 0 Å². The third kappa shape index (κ3) is 3.94. The fourth-order valence-corrected chi connectivity index (χ4v) is 3.74. The van der Waals surface area contributed by atoms with E-state index < -0.39 is 0 Å². The van der Waals surface area contributed by atoms with Gasteiger partial charge in [0.15, 0.2) is 0 Å². The molecule has 3 heteroatoms. The van der Waals surface area contributed by atoms with Crippen LogP contribution in [0.25, 0.3) is 0 Å². The number of nitrogens with zero attached hydrogens (tertiary/aromatic N) is 2. The molecule has 106 valence electrons. The second kappa shape index (κ2) is 6.88. The summed E-state index contributed by atoms with van der Waals surface area (Å²) in [5, 5.41) is 3.60. The average molecular weight is 253 g/mol. The van der Waals surface area contributed by atoms with Crippen molar-refractivity contribution < 1.29 is 0 Å². The molecule has 1 atom stereocenters. The molecule has 0 aromatic heterocycles. The smallest absolute Gasteiger partial charge is 0.00934 e. The molecule has 1 saturated carbocycles. The lowest BCUT2D eigenvalue weighted by Crippen LogP contribution is -2.42. The molecule has 1 unspecified atom stereocenters. The van der Waals surface area contributed by atoms with Crippen molar-refractivity contribution in [2.45, 2.75) is 51.1 Å². The lowest BCUT2D eigenvalue weighted by molar-refractivity contribution is 0.154. The Morgan fingerprint density at radius 2 is 1.89 bits per heavy atom. The maximum absolute atomic E-state index is 3.60. The van der Waals surface area contributed by atoms with Crippen LogP contribution in [-0.4, -0.2) is 62.2 Å². The topological polar surface area (TPSA) is 18.5 Å². The van der Waals surface area contributed by atoms with Crippen molar-refractivity contribution in [2.75, 3.05) is 40.3 Å². The summed E-state index contributed by atoms with van der Waals surface area (Å²) in [6.45, 7) is 7.25. The van der Waals surface area contributed by atoms with E-state index in [1.807, 2.05) is 0 Å². The third-order valence-electron chi connectivity index (χ3n) is 4.85.